The molecule has 2 saturated heterocycles. The number of carbonyl (C=O) groups is 3. The predicted molar refractivity (Wildman–Crippen MR) is 151 cm³/mol. The second-order valence-corrected chi connectivity index (χ2v) is 13.0. The van der Waals surface area contributed by atoms with Crippen molar-refractivity contribution in [3.05, 3.63) is 36.7 Å². The van der Waals surface area contributed by atoms with Crippen molar-refractivity contribution in [2.24, 2.45) is 5.41 Å². The van der Waals surface area contributed by atoms with Crippen molar-refractivity contribution < 1.29 is 22.8 Å². The van der Waals surface area contributed by atoms with E-state index in [1.807, 2.05) is 45.0 Å². The number of sulfonamides is 1. The molecular weight excluding hydrogens is 520 g/mol. The van der Waals surface area contributed by atoms with Crippen LogP contribution in [0.4, 0.5) is 5.69 Å². The van der Waals surface area contributed by atoms with Gasteiger partial charge in [0, 0.05) is 48.6 Å². The molecular formula is C27H40N6O5S. The summed E-state index contributed by atoms with van der Waals surface area (Å²) in [7, 11) is -1.57. The Morgan fingerprint density at radius 3 is 2.44 bits per heavy atom. The van der Waals surface area contributed by atoms with Crippen LogP contribution >= 0.6 is 0 Å². The standard InChI is InChI=1S/C17H32N4O4S.C10H8N2O/c1-11(18-5)15(22)19-14(17(2,3)4)16(23)20-9-7-13-12(20)8-10-21(13)26(6,24)25;13-7-12-10-3-1-2-8-4-5-11-6-9(8)10/h11-14,18H,7-10H2,1-6H3,(H,19,22);1-7H,(H,12,13)/t11-,12?,13?,14?;/m0./s1. The number of aromatic nitrogens is 1. The lowest BCUT2D eigenvalue weighted by atomic mass is 9.85. The fourth-order valence-corrected chi connectivity index (χ4v) is 6.32. The summed E-state index contributed by atoms with van der Waals surface area (Å²) in [5, 5.41) is 10.4. The number of benzene rings is 1. The fraction of sp³-hybridized carbons (Fsp3) is 0.556. The SMILES string of the molecule is CN[C@@H](C)C(=O)NC(C(=O)N1CCC2C1CCN2S(C)(=O)=O)C(C)(C)C.O=CNc1cccc2ccncc12. The van der Waals surface area contributed by atoms with Crippen molar-refractivity contribution in [3.63, 3.8) is 0 Å². The van der Waals surface area contributed by atoms with Gasteiger partial charge in [0.25, 0.3) is 0 Å². The first kappa shape index (κ1) is 30.5. The van der Waals surface area contributed by atoms with Crippen LogP contribution in [-0.4, -0.2) is 91.4 Å². The van der Waals surface area contributed by atoms with Crippen molar-refractivity contribution in [2.45, 2.75) is 64.7 Å². The molecule has 0 spiro atoms. The number of likely N-dealkylation sites (tertiary alicyclic amines) is 1. The molecule has 0 radical (unpaired) electrons. The molecule has 2 fully saturated rings. The summed E-state index contributed by atoms with van der Waals surface area (Å²) in [5.74, 6) is -0.349. The Bertz CT molecular complexity index is 1290. The van der Waals surface area contributed by atoms with Crippen molar-refractivity contribution in [2.75, 3.05) is 31.7 Å². The lowest BCUT2D eigenvalue weighted by molar-refractivity contribution is -0.140. The molecule has 12 heteroatoms. The average molecular weight is 561 g/mol. The van der Waals surface area contributed by atoms with Gasteiger partial charge in [0.15, 0.2) is 0 Å². The summed E-state index contributed by atoms with van der Waals surface area (Å²) >= 11 is 0. The van der Waals surface area contributed by atoms with Gasteiger partial charge in [-0.2, -0.15) is 4.31 Å². The monoisotopic (exact) mass is 560 g/mol. The number of nitrogens with zero attached hydrogens (tertiary/aromatic N) is 3. The van der Waals surface area contributed by atoms with Gasteiger partial charge in [0.1, 0.15) is 6.04 Å². The van der Waals surface area contributed by atoms with E-state index in [4.69, 9.17) is 0 Å². The molecule has 2 aliphatic heterocycles. The highest BCUT2D eigenvalue weighted by Crippen LogP contribution is 2.35. The molecule has 3 heterocycles. The molecule has 0 saturated carbocycles. The number of nitrogens with one attached hydrogen (secondary N) is 3. The topological polar surface area (TPSA) is 141 Å². The van der Waals surface area contributed by atoms with E-state index in [0.717, 1.165) is 16.5 Å². The first-order chi connectivity index (χ1) is 18.3. The number of carbonyl (C=O) groups excluding carboxylic acids is 3. The Balaban J connectivity index is 0.000000268. The zero-order valence-corrected chi connectivity index (χ0v) is 24.3. The molecule has 1 aromatic heterocycles. The van der Waals surface area contributed by atoms with E-state index in [-0.39, 0.29) is 23.9 Å². The van der Waals surface area contributed by atoms with E-state index in [2.05, 4.69) is 20.9 Å². The van der Waals surface area contributed by atoms with Crippen LogP contribution < -0.4 is 16.0 Å². The lowest BCUT2D eigenvalue weighted by Crippen LogP contribution is -2.58. The molecule has 3 unspecified atom stereocenters. The minimum absolute atomic E-state index is 0.110. The number of hydrogen-bond donors (Lipinski definition) is 3. The molecule has 4 rings (SSSR count). The van der Waals surface area contributed by atoms with Crippen molar-refractivity contribution in [1.82, 2.24) is 24.8 Å². The van der Waals surface area contributed by atoms with Crippen LogP contribution in [0.3, 0.4) is 0 Å². The van der Waals surface area contributed by atoms with Crippen LogP contribution in [0.25, 0.3) is 10.8 Å². The molecule has 214 valence electrons. The van der Waals surface area contributed by atoms with Crippen molar-refractivity contribution in [1.29, 1.82) is 0 Å². The van der Waals surface area contributed by atoms with Gasteiger partial charge in [-0.15, -0.1) is 0 Å². The molecule has 3 N–H and O–H groups in total. The number of likely N-dealkylation sites (N-methyl/N-ethyl adjacent to an activating group) is 1. The maximum atomic E-state index is 13.3. The van der Waals surface area contributed by atoms with Crippen LogP contribution in [-0.2, 0) is 24.4 Å². The van der Waals surface area contributed by atoms with Gasteiger partial charge in [-0.25, -0.2) is 8.42 Å². The maximum Gasteiger partial charge on any atom is 0.245 e. The van der Waals surface area contributed by atoms with Gasteiger partial charge >= 0.3 is 0 Å². The van der Waals surface area contributed by atoms with E-state index >= 15 is 0 Å². The van der Waals surface area contributed by atoms with Crippen LogP contribution in [0.15, 0.2) is 36.7 Å². The third kappa shape index (κ3) is 7.11. The smallest absolute Gasteiger partial charge is 0.245 e. The summed E-state index contributed by atoms with van der Waals surface area (Å²) in [6.45, 7) is 8.47. The van der Waals surface area contributed by atoms with Crippen molar-refractivity contribution in [3.8, 4) is 0 Å². The van der Waals surface area contributed by atoms with Crippen LogP contribution in [0.1, 0.15) is 40.5 Å². The molecule has 2 aliphatic rings. The largest absolute Gasteiger partial charge is 0.342 e. The van der Waals surface area contributed by atoms with E-state index in [1.54, 1.807) is 31.3 Å². The van der Waals surface area contributed by atoms with Gasteiger partial charge in [-0.05, 0) is 49.7 Å². The highest BCUT2D eigenvalue weighted by molar-refractivity contribution is 7.88. The van der Waals surface area contributed by atoms with E-state index in [9.17, 15) is 22.8 Å². The van der Waals surface area contributed by atoms with Gasteiger partial charge < -0.3 is 20.9 Å². The minimum atomic E-state index is -3.27. The van der Waals surface area contributed by atoms with E-state index in [1.165, 1.54) is 10.6 Å². The average Bonchev–Trinajstić information content (AvgIpc) is 3.48. The van der Waals surface area contributed by atoms with Crippen LogP contribution in [0.5, 0.6) is 0 Å². The van der Waals surface area contributed by atoms with E-state index < -0.39 is 27.5 Å². The summed E-state index contributed by atoms with van der Waals surface area (Å²) < 4.78 is 25.4. The number of amides is 3. The van der Waals surface area contributed by atoms with Crippen LogP contribution in [0, 0.1) is 5.41 Å². The molecule has 11 nitrogen and oxygen atoms in total. The third-order valence-corrected chi connectivity index (χ3v) is 8.66. The number of fused-ring (bicyclic) bond motifs is 2. The second-order valence-electron chi connectivity index (χ2n) is 11.1. The number of rotatable bonds is 7. The zero-order chi connectivity index (χ0) is 29.0. The Morgan fingerprint density at radius 2 is 1.82 bits per heavy atom. The second kappa shape index (κ2) is 12.4. The number of anilines is 1. The summed E-state index contributed by atoms with van der Waals surface area (Å²) in [4.78, 5) is 41.7. The first-order valence-electron chi connectivity index (χ1n) is 13.1. The fourth-order valence-electron chi connectivity index (χ4n) is 5.15. The summed E-state index contributed by atoms with van der Waals surface area (Å²) in [6, 6.07) is 6.32. The predicted octanol–water partition coefficient (Wildman–Crippen LogP) is 1.56. The Hall–Kier alpha value is -3.09. The molecule has 1 aromatic carbocycles. The highest BCUT2D eigenvalue weighted by Gasteiger charge is 2.49. The van der Waals surface area contributed by atoms with Crippen molar-refractivity contribution >= 4 is 44.7 Å². The molecule has 2 aromatic rings. The summed E-state index contributed by atoms with van der Waals surface area (Å²) in [5.41, 5.74) is 0.341. The van der Waals surface area contributed by atoms with Crippen LogP contribution in [0.2, 0.25) is 0 Å². The number of hydrogen-bond acceptors (Lipinski definition) is 7. The molecule has 4 atom stereocenters. The van der Waals surface area contributed by atoms with Gasteiger partial charge in [-0.3, -0.25) is 19.4 Å². The van der Waals surface area contributed by atoms with Gasteiger partial charge in [-0.1, -0.05) is 32.9 Å². The number of pyridine rings is 1. The Morgan fingerprint density at radius 1 is 1.13 bits per heavy atom. The normalized spacial score (nSPS) is 20.9. The molecule has 0 bridgehead atoms. The third-order valence-electron chi connectivity index (χ3n) is 7.36. The summed E-state index contributed by atoms with van der Waals surface area (Å²) in [6.07, 6.45) is 6.63. The first-order valence-corrected chi connectivity index (χ1v) is 14.9. The quantitative estimate of drug-likeness (QED) is 0.437. The highest BCUT2D eigenvalue weighted by atomic mass is 32.2. The minimum Gasteiger partial charge on any atom is -0.342 e. The molecule has 39 heavy (non-hydrogen) atoms. The molecule has 0 aliphatic carbocycles. The lowest BCUT2D eigenvalue weighted by Gasteiger charge is -2.36. The zero-order valence-electron chi connectivity index (χ0n) is 23.5. The van der Waals surface area contributed by atoms with Gasteiger partial charge in [0.05, 0.1) is 12.3 Å². The maximum absolute atomic E-state index is 13.3. The molecule has 3 amide bonds. The Labute approximate surface area is 230 Å². The van der Waals surface area contributed by atoms with E-state index in [0.29, 0.717) is 32.3 Å². The van der Waals surface area contributed by atoms with Gasteiger partial charge in [0.2, 0.25) is 28.2 Å². The Kier molecular flexibility index (Phi) is 9.68.